The molecule has 13 heteroatoms. The fourth-order valence-corrected chi connectivity index (χ4v) is 4.35. The van der Waals surface area contributed by atoms with Crippen LogP contribution in [-0.2, 0) is 14.4 Å². The number of nitrogens with one attached hydrogen (secondary N) is 2. The third-order valence-corrected chi connectivity index (χ3v) is 6.68. The van der Waals surface area contributed by atoms with E-state index in [-0.39, 0.29) is 66.4 Å². The van der Waals surface area contributed by atoms with Crippen molar-refractivity contribution in [3.63, 3.8) is 0 Å². The molecule has 3 aromatic carbocycles. The van der Waals surface area contributed by atoms with Crippen molar-refractivity contribution >= 4 is 89.4 Å². The van der Waals surface area contributed by atoms with Crippen LogP contribution in [0.2, 0.25) is 5.02 Å². The summed E-state index contributed by atoms with van der Waals surface area (Å²) in [5.41, 5.74) is -0.225. The number of aliphatic carboxylic acids is 1. The molecular formula is C29H25CaClFN3O7. The molecule has 0 bridgehead atoms. The molecule has 1 fully saturated rings. The minimum atomic E-state index is -1.25. The molecule has 0 spiro atoms. The molecule has 5 rings (SSSR count). The number of carbonyl (C=O) groups is 3. The van der Waals surface area contributed by atoms with Gasteiger partial charge in [-0.15, -0.1) is 0 Å². The van der Waals surface area contributed by atoms with E-state index in [9.17, 15) is 14.4 Å². The van der Waals surface area contributed by atoms with Gasteiger partial charge in [-0.1, -0.05) is 17.7 Å². The van der Waals surface area contributed by atoms with Crippen LogP contribution in [0.25, 0.3) is 10.9 Å². The number of amides is 2. The first-order valence-electron chi connectivity index (χ1n) is 12.4. The number of hydrogen-bond acceptors (Lipinski definition) is 7. The number of pyridine rings is 1. The number of benzene rings is 3. The third-order valence-electron chi connectivity index (χ3n) is 6.45. The molecular weight excluding hydrogens is 597 g/mol. The number of nitrogens with zero attached hydrogens (tertiary/aromatic N) is 1. The topological polar surface area (TPSA) is 136 Å². The molecule has 1 aromatic heterocycles. The Hall–Kier alpha value is -3.64. The zero-order chi connectivity index (χ0) is 29.1. The Morgan fingerprint density at radius 1 is 0.952 bits per heavy atom. The Morgan fingerprint density at radius 2 is 1.67 bits per heavy atom. The maximum atomic E-state index is 15.1. The molecule has 4 aromatic rings. The molecule has 214 valence electrons. The number of anilines is 2. The quantitative estimate of drug-likeness (QED) is 0.171. The van der Waals surface area contributed by atoms with Crippen LogP contribution in [-0.4, -0.2) is 79.3 Å². The number of fused-ring (bicyclic) bond motifs is 1. The van der Waals surface area contributed by atoms with Crippen LogP contribution in [0.15, 0.2) is 66.9 Å². The van der Waals surface area contributed by atoms with Crippen molar-refractivity contribution < 1.29 is 38.1 Å². The molecule has 0 atom stereocenters. The Kier molecular flexibility index (Phi) is 9.78. The Labute approximate surface area is 274 Å². The summed E-state index contributed by atoms with van der Waals surface area (Å²) in [7, 11) is 1.39. The number of carbonyl (C=O) groups excluding carboxylic acids is 2. The van der Waals surface area contributed by atoms with E-state index in [1.165, 1.54) is 37.6 Å². The normalized spacial score (nSPS) is 12.9. The van der Waals surface area contributed by atoms with Gasteiger partial charge in [0.1, 0.15) is 11.2 Å². The van der Waals surface area contributed by atoms with Gasteiger partial charge in [-0.05, 0) is 55.3 Å². The Morgan fingerprint density at radius 3 is 2.29 bits per heavy atom. The first-order chi connectivity index (χ1) is 19.7. The third kappa shape index (κ3) is 6.87. The van der Waals surface area contributed by atoms with Crippen LogP contribution in [0.3, 0.4) is 0 Å². The van der Waals surface area contributed by atoms with Gasteiger partial charge in [0.25, 0.3) is 0 Å². The molecule has 10 nitrogen and oxygen atoms in total. The zero-order valence-corrected chi connectivity index (χ0v) is 22.3. The summed E-state index contributed by atoms with van der Waals surface area (Å²) >= 11 is 5.97. The average molecular weight is 622 g/mol. The molecule has 0 radical (unpaired) electrons. The van der Waals surface area contributed by atoms with E-state index in [0.29, 0.717) is 34.5 Å². The Balaban J connectivity index is 0.00000405. The summed E-state index contributed by atoms with van der Waals surface area (Å²) in [4.78, 5) is 41.0. The van der Waals surface area contributed by atoms with Crippen molar-refractivity contribution in [2.75, 3.05) is 24.4 Å². The summed E-state index contributed by atoms with van der Waals surface area (Å²) in [6, 6.07) is 15.1. The first kappa shape index (κ1) is 31.3. The molecule has 1 saturated carbocycles. The zero-order valence-electron chi connectivity index (χ0n) is 21.6. The summed E-state index contributed by atoms with van der Waals surface area (Å²) in [6.45, 7) is -0.570. The number of aromatic nitrogens is 1. The van der Waals surface area contributed by atoms with Gasteiger partial charge in [0.2, 0.25) is 11.8 Å². The molecule has 3 N–H and O–H groups in total. The molecule has 1 aliphatic carbocycles. The second-order valence-corrected chi connectivity index (χ2v) is 9.70. The van der Waals surface area contributed by atoms with E-state index in [1.54, 1.807) is 30.3 Å². The minimum absolute atomic E-state index is 0. The fraction of sp³-hybridized carbons (Fsp3) is 0.172. The van der Waals surface area contributed by atoms with Crippen molar-refractivity contribution in [1.29, 1.82) is 0 Å². The van der Waals surface area contributed by atoms with E-state index in [1.807, 2.05) is 0 Å². The van der Waals surface area contributed by atoms with Gasteiger partial charge in [0, 0.05) is 40.1 Å². The van der Waals surface area contributed by atoms with Crippen molar-refractivity contribution in [2.45, 2.75) is 12.8 Å². The summed E-state index contributed by atoms with van der Waals surface area (Å²) < 4.78 is 31.5. The second-order valence-electron chi connectivity index (χ2n) is 9.26. The van der Waals surface area contributed by atoms with Gasteiger partial charge < -0.3 is 30.0 Å². The molecule has 42 heavy (non-hydrogen) atoms. The SMILES string of the molecule is COc1cc2c(Oc3ccc(NC(=O)C4(C(=O)Nc5cccc(Cl)c5)CC4)cc3F)ccnc2cc1OCC(=O)O.[CaH2]. The van der Waals surface area contributed by atoms with Gasteiger partial charge >= 0.3 is 43.7 Å². The molecule has 2 amide bonds. The number of rotatable bonds is 10. The van der Waals surface area contributed by atoms with Crippen LogP contribution in [0.4, 0.5) is 15.8 Å². The average Bonchev–Trinajstić information content (AvgIpc) is 3.75. The van der Waals surface area contributed by atoms with Gasteiger partial charge in [-0.2, -0.15) is 0 Å². The monoisotopic (exact) mass is 621 g/mol. The number of carboxylic acids is 1. The van der Waals surface area contributed by atoms with Crippen LogP contribution < -0.4 is 24.8 Å². The van der Waals surface area contributed by atoms with Crippen LogP contribution >= 0.6 is 11.6 Å². The van der Waals surface area contributed by atoms with E-state index in [0.717, 1.165) is 6.07 Å². The van der Waals surface area contributed by atoms with Crippen LogP contribution in [0, 0.1) is 11.2 Å². The Bertz CT molecular complexity index is 1680. The van der Waals surface area contributed by atoms with E-state index in [2.05, 4.69) is 15.6 Å². The number of carboxylic acid groups (broad SMARTS) is 1. The van der Waals surface area contributed by atoms with Gasteiger partial charge in [0.15, 0.2) is 29.7 Å². The van der Waals surface area contributed by atoms with Crippen molar-refractivity contribution in [2.24, 2.45) is 5.41 Å². The molecule has 0 saturated heterocycles. The summed E-state index contributed by atoms with van der Waals surface area (Å²) in [6.07, 6.45) is 2.16. The molecule has 0 unspecified atom stereocenters. The van der Waals surface area contributed by atoms with Gasteiger partial charge in [-0.3, -0.25) is 14.6 Å². The number of ether oxygens (including phenoxy) is 3. The number of methoxy groups -OCH3 is 1. The number of hydrogen-bond donors (Lipinski definition) is 3. The summed E-state index contributed by atoms with van der Waals surface area (Å²) in [5, 5.41) is 15.1. The van der Waals surface area contributed by atoms with Gasteiger partial charge in [-0.25, -0.2) is 9.18 Å². The van der Waals surface area contributed by atoms with Crippen molar-refractivity contribution in [1.82, 2.24) is 4.98 Å². The van der Waals surface area contributed by atoms with E-state index < -0.39 is 35.6 Å². The standard InChI is InChI=1S/C29H23ClFN3O7.Ca.2H/c1-39-24-13-19-21(14-25(24)40-15-26(35)36)32-10-7-22(19)41-23-6-5-18(12-20(23)31)34-28(38)29(8-9-29)27(37)33-17-4-2-3-16(30)11-17;;;/h2-7,10-14H,8-9,15H2,1H3,(H,33,37)(H,34,38)(H,35,36);;;. The van der Waals surface area contributed by atoms with Crippen LogP contribution in [0.5, 0.6) is 23.0 Å². The van der Waals surface area contributed by atoms with Crippen molar-refractivity contribution in [3.8, 4) is 23.0 Å². The fourth-order valence-electron chi connectivity index (χ4n) is 4.16. The van der Waals surface area contributed by atoms with Crippen molar-refractivity contribution in [3.05, 3.63) is 77.7 Å². The van der Waals surface area contributed by atoms with E-state index >= 15 is 4.39 Å². The molecule has 1 heterocycles. The van der Waals surface area contributed by atoms with Gasteiger partial charge in [0.05, 0.1) is 12.6 Å². The maximum absolute atomic E-state index is 15.1. The predicted octanol–water partition coefficient (Wildman–Crippen LogP) is 4.73. The summed E-state index contributed by atoms with van der Waals surface area (Å²) in [5.74, 6) is -2.37. The van der Waals surface area contributed by atoms with E-state index in [4.69, 9.17) is 30.9 Å². The first-order valence-corrected chi connectivity index (χ1v) is 12.7. The predicted molar refractivity (Wildman–Crippen MR) is 157 cm³/mol. The second kappa shape index (κ2) is 13.1. The molecule has 0 aliphatic heterocycles. The molecule has 1 aliphatic rings. The number of halogens is 2. The van der Waals surface area contributed by atoms with Crippen LogP contribution in [0.1, 0.15) is 12.8 Å².